The molecule has 7 nitrogen and oxygen atoms in total. The lowest BCUT2D eigenvalue weighted by Gasteiger charge is -2.25. The maximum Gasteiger partial charge on any atom is 0.409 e. The molecule has 0 unspecified atom stereocenters. The number of nitrogens with zero attached hydrogens (tertiary/aromatic N) is 1. The van der Waals surface area contributed by atoms with Gasteiger partial charge in [0.05, 0.1) is 26.3 Å². The maximum atomic E-state index is 12.6. The van der Waals surface area contributed by atoms with Crippen molar-refractivity contribution < 1.29 is 23.9 Å². The van der Waals surface area contributed by atoms with Crippen LogP contribution in [0.5, 0.6) is 0 Å². The first-order valence-corrected chi connectivity index (χ1v) is 9.20. The Kier molecular flexibility index (Phi) is 5.46. The van der Waals surface area contributed by atoms with Gasteiger partial charge in [-0.1, -0.05) is 17.7 Å². The number of carbonyl (C=O) groups excluding carboxylic acids is 3. The third-order valence-corrected chi connectivity index (χ3v) is 5.52. The molecule has 1 aliphatic heterocycles. The number of hydrogen-bond donors (Lipinski definition) is 1. The normalized spacial score (nSPS) is 12.9. The molecule has 0 radical (unpaired) electrons. The van der Waals surface area contributed by atoms with Gasteiger partial charge in [0.2, 0.25) is 0 Å². The van der Waals surface area contributed by atoms with Gasteiger partial charge in [-0.15, -0.1) is 11.3 Å². The van der Waals surface area contributed by atoms with E-state index in [2.05, 4.69) is 5.32 Å². The van der Waals surface area contributed by atoms with Gasteiger partial charge >= 0.3 is 12.1 Å². The minimum Gasteiger partial charge on any atom is -0.465 e. The molecule has 1 aromatic heterocycles. The molecule has 0 atom stereocenters. The van der Waals surface area contributed by atoms with E-state index >= 15 is 0 Å². The molecule has 2 amide bonds. The Morgan fingerprint density at radius 1 is 1.19 bits per heavy atom. The zero-order valence-corrected chi connectivity index (χ0v) is 16.1. The summed E-state index contributed by atoms with van der Waals surface area (Å²) in [5.41, 5.74) is 2.65. The Balaban J connectivity index is 1.93. The zero-order valence-electron chi connectivity index (χ0n) is 15.3. The number of anilines is 1. The van der Waals surface area contributed by atoms with Gasteiger partial charge in [0.15, 0.2) is 0 Å². The standard InChI is InChI=1S/C19H20N2O5S/c1-11-5-4-6-12(9-11)16(22)20-17-15(18(23)25-2)13-7-8-21(19(24)26-3)10-14(13)27-17/h4-6,9H,7-8,10H2,1-3H3,(H,20,22). The number of carbonyl (C=O) groups is 3. The van der Waals surface area contributed by atoms with Crippen molar-refractivity contribution in [1.29, 1.82) is 0 Å². The Labute approximate surface area is 160 Å². The molecule has 0 fully saturated rings. The number of ether oxygens (including phenoxy) is 2. The number of thiophene rings is 1. The molecule has 2 aromatic rings. The summed E-state index contributed by atoms with van der Waals surface area (Å²) >= 11 is 1.28. The van der Waals surface area contributed by atoms with E-state index in [-0.39, 0.29) is 5.91 Å². The fraction of sp³-hybridized carbons (Fsp3) is 0.316. The Morgan fingerprint density at radius 3 is 2.63 bits per heavy atom. The van der Waals surface area contributed by atoms with Crippen molar-refractivity contribution in [3.63, 3.8) is 0 Å². The highest BCUT2D eigenvalue weighted by atomic mass is 32.1. The van der Waals surface area contributed by atoms with Gasteiger partial charge < -0.3 is 19.7 Å². The highest BCUT2D eigenvalue weighted by molar-refractivity contribution is 7.17. The lowest BCUT2D eigenvalue weighted by atomic mass is 10.0. The molecular formula is C19H20N2O5S. The summed E-state index contributed by atoms with van der Waals surface area (Å²) in [6.45, 7) is 2.67. The number of aryl methyl sites for hydroxylation is 1. The highest BCUT2D eigenvalue weighted by Gasteiger charge is 2.31. The minimum absolute atomic E-state index is 0.299. The maximum absolute atomic E-state index is 12.6. The molecule has 1 aromatic carbocycles. The smallest absolute Gasteiger partial charge is 0.409 e. The van der Waals surface area contributed by atoms with E-state index in [1.54, 1.807) is 23.1 Å². The van der Waals surface area contributed by atoms with Gasteiger partial charge in [-0.05, 0) is 31.0 Å². The molecule has 0 saturated heterocycles. The van der Waals surface area contributed by atoms with E-state index in [0.29, 0.717) is 35.6 Å². The first-order valence-electron chi connectivity index (χ1n) is 8.38. The molecule has 3 rings (SSSR count). The summed E-state index contributed by atoms with van der Waals surface area (Å²) in [6, 6.07) is 7.20. The fourth-order valence-corrected chi connectivity index (χ4v) is 4.30. The molecule has 0 bridgehead atoms. The van der Waals surface area contributed by atoms with Gasteiger partial charge in [0.25, 0.3) is 5.91 Å². The predicted molar refractivity (Wildman–Crippen MR) is 101 cm³/mol. The first-order chi connectivity index (χ1) is 12.9. The van der Waals surface area contributed by atoms with Gasteiger partial charge in [0, 0.05) is 17.0 Å². The lowest BCUT2D eigenvalue weighted by Crippen LogP contribution is -2.35. The molecule has 1 N–H and O–H groups in total. The van der Waals surface area contributed by atoms with Crippen molar-refractivity contribution in [2.75, 3.05) is 26.1 Å². The van der Waals surface area contributed by atoms with Crippen molar-refractivity contribution >= 4 is 34.3 Å². The second-order valence-electron chi connectivity index (χ2n) is 6.16. The summed E-state index contributed by atoms with van der Waals surface area (Å²) in [5, 5.41) is 3.26. The largest absolute Gasteiger partial charge is 0.465 e. The van der Waals surface area contributed by atoms with Crippen LogP contribution in [0.15, 0.2) is 24.3 Å². The van der Waals surface area contributed by atoms with E-state index in [9.17, 15) is 14.4 Å². The molecule has 1 aliphatic rings. The Morgan fingerprint density at radius 2 is 1.96 bits per heavy atom. The van der Waals surface area contributed by atoms with Crippen molar-refractivity contribution in [1.82, 2.24) is 4.90 Å². The summed E-state index contributed by atoms with van der Waals surface area (Å²) in [7, 11) is 2.64. The van der Waals surface area contributed by atoms with E-state index in [1.807, 2.05) is 13.0 Å². The number of esters is 1. The number of nitrogens with one attached hydrogen (secondary N) is 1. The van der Waals surface area contributed by atoms with Crippen LogP contribution in [0.1, 0.15) is 36.7 Å². The minimum atomic E-state index is -0.501. The van der Waals surface area contributed by atoms with Crippen LogP contribution in [-0.2, 0) is 22.4 Å². The Hall–Kier alpha value is -2.87. The van der Waals surface area contributed by atoms with E-state index < -0.39 is 12.1 Å². The zero-order chi connectivity index (χ0) is 19.6. The second kappa shape index (κ2) is 7.79. The van der Waals surface area contributed by atoms with Crippen molar-refractivity contribution in [3.8, 4) is 0 Å². The van der Waals surface area contributed by atoms with Crippen LogP contribution in [-0.4, -0.2) is 43.6 Å². The SMILES string of the molecule is COC(=O)c1c(NC(=O)c2cccc(C)c2)sc2c1CCN(C(=O)OC)C2. The molecule has 0 spiro atoms. The summed E-state index contributed by atoms with van der Waals surface area (Å²) in [5.74, 6) is -0.800. The number of fused-ring (bicyclic) bond motifs is 1. The van der Waals surface area contributed by atoms with E-state index in [0.717, 1.165) is 16.0 Å². The van der Waals surface area contributed by atoms with Crippen LogP contribution in [0, 0.1) is 6.92 Å². The molecule has 2 heterocycles. The van der Waals surface area contributed by atoms with Crippen molar-refractivity contribution in [3.05, 3.63) is 51.4 Å². The number of rotatable bonds is 3. The van der Waals surface area contributed by atoms with Crippen LogP contribution in [0.4, 0.5) is 9.80 Å². The monoisotopic (exact) mass is 388 g/mol. The molecule has 8 heteroatoms. The van der Waals surface area contributed by atoms with Gasteiger partial charge in [-0.2, -0.15) is 0 Å². The van der Waals surface area contributed by atoms with Crippen molar-refractivity contribution in [2.45, 2.75) is 19.9 Å². The van der Waals surface area contributed by atoms with Gasteiger partial charge in [-0.25, -0.2) is 9.59 Å². The number of amides is 2. The van der Waals surface area contributed by atoms with E-state index in [4.69, 9.17) is 9.47 Å². The van der Waals surface area contributed by atoms with Crippen LogP contribution in [0.25, 0.3) is 0 Å². The number of methoxy groups -OCH3 is 2. The second-order valence-corrected chi connectivity index (χ2v) is 7.27. The average molecular weight is 388 g/mol. The molecule has 27 heavy (non-hydrogen) atoms. The average Bonchev–Trinajstić information content (AvgIpc) is 3.03. The summed E-state index contributed by atoms with van der Waals surface area (Å²) in [4.78, 5) is 39.2. The third kappa shape index (κ3) is 3.80. The third-order valence-electron chi connectivity index (χ3n) is 4.39. The quantitative estimate of drug-likeness (QED) is 0.816. The van der Waals surface area contributed by atoms with Crippen LogP contribution in [0.3, 0.4) is 0 Å². The van der Waals surface area contributed by atoms with Crippen LogP contribution in [0.2, 0.25) is 0 Å². The number of benzene rings is 1. The first kappa shape index (κ1) is 18.9. The van der Waals surface area contributed by atoms with Crippen LogP contribution >= 0.6 is 11.3 Å². The fourth-order valence-electron chi connectivity index (χ4n) is 3.06. The highest BCUT2D eigenvalue weighted by Crippen LogP contribution is 2.38. The molecular weight excluding hydrogens is 368 g/mol. The van der Waals surface area contributed by atoms with Gasteiger partial charge in [0.1, 0.15) is 5.00 Å². The lowest BCUT2D eigenvalue weighted by molar-refractivity contribution is 0.0600. The topological polar surface area (TPSA) is 84.9 Å². The summed E-state index contributed by atoms with van der Waals surface area (Å²) in [6.07, 6.45) is 0.0742. The van der Waals surface area contributed by atoms with Crippen molar-refractivity contribution in [2.24, 2.45) is 0 Å². The van der Waals surface area contributed by atoms with E-state index in [1.165, 1.54) is 25.6 Å². The number of hydrogen-bond acceptors (Lipinski definition) is 6. The molecule has 0 aliphatic carbocycles. The van der Waals surface area contributed by atoms with Gasteiger partial charge in [-0.3, -0.25) is 4.79 Å². The molecule has 142 valence electrons. The Bertz CT molecular complexity index is 906. The summed E-state index contributed by atoms with van der Waals surface area (Å²) < 4.78 is 9.69. The predicted octanol–water partition coefficient (Wildman–Crippen LogP) is 3.22. The molecule has 0 saturated carbocycles. The van der Waals surface area contributed by atoms with Crippen LogP contribution < -0.4 is 5.32 Å².